The second-order valence-electron chi connectivity index (χ2n) is 7.77. The Morgan fingerprint density at radius 3 is 2.62 bits per heavy atom. The highest BCUT2D eigenvalue weighted by Crippen LogP contribution is 2.42. The Morgan fingerprint density at radius 2 is 1.90 bits per heavy atom. The number of anilines is 2. The molecule has 1 atom stereocenters. The molecule has 1 saturated heterocycles. The van der Waals surface area contributed by atoms with Gasteiger partial charge >= 0.3 is 0 Å². The van der Waals surface area contributed by atoms with E-state index in [1.807, 2.05) is 24.3 Å². The Bertz CT molecular complexity index is 881. The number of nitrogens with zero attached hydrogens (tertiary/aromatic N) is 1. The molecule has 0 bridgehead atoms. The molecule has 1 aliphatic heterocycles. The van der Waals surface area contributed by atoms with Gasteiger partial charge in [0.05, 0.1) is 5.75 Å². The van der Waals surface area contributed by atoms with Crippen LogP contribution in [0.1, 0.15) is 49.5 Å². The summed E-state index contributed by atoms with van der Waals surface area (Å²) < 4.78 is 13.6. The van der Waals surface area contributed by atoms with Crippen LogP contribution in [0, 0.1) is 11.7 Å². The molecule has 4 nitrogen and oxygen atoms in total. The fourth-order valence-electron chi connectivity index (χ4n) is 4.16. The molecule has 1 saturated carbocycles. The molecule has 2 aliphatic rings. The lowest BCUT2D eigenvalue weighted by molar-refractivity contribution is -0.117. The first-order valence-electron chi connectivity index (χ1n) is 10.2. The summed E-state index contributed by atoms with van der Waals surface area (Å²) in [6, 6.07) is 13.7. The first-order valence-corrected chi connectivity index (χ1v) is 11.2. The lowest BCUT2D eigenvalue weighted by Crippen LogP contribution is -2.27. The van der Waals surface area contributed by atoms with Crippen molar-refractivity contribution in [1.29, 1.82) is 0 Å². The van der Waals surface area contributed by atoms with Crippen molar-refractivity contribution in [3.63, 3.8) is 0 Å². The molecule has 0 radical (unpaired) electrons. The molecule has 6 heteroatoms. The zero-order valence-corrected chi connectivity index (χ0v) is 17.1. The Morgan fingerprint density at radius 1 is 1.14 bits per heavy atom. The number of hydrogen-bond acceptors (Lipinski definition) is 3. The fourth-order valence-corrected chi connectivity index (χ4v) is 5.34. The van der Waals surface area contributed by atoms with Crippen LogP contribution in [-0.2, 0) is 9.59 Å². The van der Waals surface area contributed by atoms with Gasteiger partial charge in [-0.2, -0.15) is 0 Å². The predicted molar refractivity (Wildman–Crippen MR) is 115 cm³/mol. The average Bonchev–Trinajstić information content (AvgIpc) is 3.37. The topological polar surface area (TPSA) is 49.4 Å². The van der Waals surface area contributed by atoms with Crippen molar-refractivity contribution in [3.8, 4) is 0 Å². The molecule has 1 heterocycles. The average molecular weight is 413 g/mol. The highest BCUT2D eigenvalue weighted by molar-refractivity contribution is 8.00. The summed E-state index contributed by atoms with van der Waals surface area (Å²) in [6.45, 7) is 0. The van der Waals surface area contributed by atoms with Crippen molar-refractivity contribution in [2.75, 3.05) is 16.0 Å². The van der Waals surface area contributed by atoms with Crippen LogP contribution in [0.2, 0.25) is 0 Å². The Labute approximate surface area is 174 Å². The highest BCUT2D eigenvalue weighted by Gasteiger charge is 2.34. The van der Waals surface area contributed by atoms with Crippen LogP contribution < -0.4 is 10.2 Å². The van der Waals surface area contributed by atoms with E-state index in [0.717, 1.165) is 17.7 Å². The summed E-state index contributed by atoms with van der Waals surface area (Å²) in [6.07, 6.45) is 6.62. The van der Waals surface area contributed by atoms with Crippen molar-refractivity contribution in [1.82, 2.24) is 0 Å². The van der Waals surface area contributed by atoms with Gasteiger partial charge in [0.15, 0.2) is 0 Å². The maximum atomic E-state index is 13.6. The standard InChI is InChI=1S/C23H25FN2O2S/c24-18-6-3-7-20(14-18)26-22(28)15-29-23(26)17-9-11-19(12-10-17)25-21(27)13-8-16-4-1-2-5-16/h3,6-7,9-12,14,16,23H,1-2,4-5,8,13,15H2,(H,25,27)/t23-/m1/s1. The molecule has 1 aliphatic carbocycles. The number of amides is 2. The van der Waals surface area contributed by atoms with Crippen LogP contribution in [0.15, 0.2) is 48.5 Å². The zero-order chi connectivity index (χ0) is 20.2. The second kappa shape index (κ2) is 8.99. The number of nitrogens with one attached hydrogen (secondary N) is 1. The summed E-state index contributed by atoms with van der Waals surface area (Å²) in [4.78, 5) is 26.2. The normalized spacial score (nSPS) is 19.7. The highest BCUT2D eigenvalue weighted by atomic mass is 32.2. The molecule has 2 aromatic rings. The Hall–Kier alpha value is -2.34. The van der Waals surface area contributed by atoms with Gasteiger partial charge in [0.1, 0.15) is 11.2 Å². The van der Waals surface area contributed by atoms with Gasteiger partial charge in [-0.25, -0.2) is 4.39 Å². The maximum absolute atomic E-state index is 13.6. The summed E-state index contributed by atoms with van der Waals surface area (Å²) in [5.41, 5.74) is 2.28. The fraction of sp³-hybridized carbons (Fsp3) is 0.391. The molecular formula is C23H25FN2O2S. The van der Waals surface area contributed by atoms with Crippen LogP contribution >= 0.6 is 11.8 Å². The lowest BCUT2D eigenvalue weighted by Gasteiger charge is -2.24. The molecule has 0 spiro atoms. The van der Waals surface area contributed by atoms with Crippen LogP contribution in [0.5, 0.6) is 0 Å². The molecule has 152 valence electrons. The molecule has 0 aromatic heterocycles. The van der Waals surface area contributed by atoms with Crippen LogP contribution in [0.3, 0.4) is 0 Å². The van der Waals surface area contributed by atoms with Gasteiger partial charge in [-0.15, -0.1) is 11.8 Å². The number of rotatable bonds is 6. The number of benzene rings is 2. The van der Waals surface area contributed by atoms with E-state index >= 15 is 0 Å². The van der Waals surface area contributed by atoms with Crippen molar-refractivity contribution >= 4 is 35.0 Å². The largest absolute Gasteiger partial charge is 0.326 e. The number of halogens is 1. The number of carbonyl (C=O) groups is 2. The third-order valence-corrected chi connectivity index (χ3v) is 6.90. The third kappa shape index (κ3) is 4.81. The summed E-state index contributed by atoms with van der Waals surface area (Å²) in [5, 5.41) is 2.77. The number of hydrogen-bond donors (Lipinski definition) is 1. The van der Waals surface area contributed by atoms with Crippen molar-refractivity contribution in [3.05, 3.63) is 59.9 Å². The molecular weight excluding hydrogens is 387 g/mol. The van der Waals surface area contributed by atoms with Gasteiger partial charge in [0.2, 0.25) is 11.8 Å². The van der Waals surface area contributed by atoms with E-state index in [4.69, 9.17) is 0 Å². The minimum atomic E-state index is -0.360. The Balaban J connectivity index is 1.40. The first kappa shape index (κ1) is 20.0. The molecule has 1 N–H and O–H groups in total. The summed E-state index contributed by atoms with van der Waals surface area (Å²) in [5.74, 6) is 0.725. The predicted octanol–water partition coefficient (Wildman–Crippen LogP) is 5.51. The maximum Gasteiger partial charge on any atom is 0.238 e. The van der Waals surface area contributed by atoms with Gasteiger partial charge in [-0.1, -0.05) is 43.9 Å². The van der Waals surface area contributed by atoms with E-state index in [0.29, 0.717) is 23.8 Å². The number of carbonyl (C=O) groups excluding carboxylic acids is 2. The molecule has 0 unspecified atom stereocenters. The SMILES string of the molecule is O=C(CCC1CCCC1)Nc1ccc([C@H]2SCC(=O)N2c2cccc(F)c2)cc1. The van der Waals surface area contributed by atoms with E-state index < -0.39 is 0 Å². The van der Waals surface area contributed by atoms with Gasteiger partial charge in [0, 0.05) is 17.8 Å². The smallest absolute Gasteiger partial charge is 0.238 e. The van der Waals surface area contributed by atoms with E-state index in [1.165, 1.54) is 49.6 Å². The van der Waals surface area contributed by atoms with Gasteiger partial charge < -0.3 is 5.32 Å². The van der Waals surface area contributed by atoms with Crippen molar-refractivity contribution in [2.45, 2.75) is 43.9 Å². The molecule has 2 amide bonds. The minimum Gasteiger partial charge on any atom is -0.326 e. The summed E-state index contributed by atoms with van der Waals surface area (Å²) in [7, 11) is 0. The van der Waals surface area contributed by atoms with Crippen LogP contribution in [0.25, 0.3) is 0 Å². The molecule has 4 rings (SSSR count). The zero-order valence-electron chi connectivity index (χ0n) is 16.3. The number of thioether (sulfide) groups is 1. The third-order valence-electron chi connectivity index (χ3n) is 5.69. The van der Waals surface area contributed by atoms with Gasteiger partial charge in [-0.3, -0.25) is 14.5 Å². The minimum absolute atomic E-state index is 0.0325. The lowest BCUT2D eigenvalue weighted by atomic mass is 10.0. The van der Waals surface area contributed by atoms with Crippen LogP contribution in [-0.4, -0.2) is 17.6 Å². The van der Waals surface area contributed by atoms with E-state index in [1.54, 1.807) is 17.0 Å². The van der Waals surface area contributed by atoms with Gasteiger partial charge in [0.25, 0.3) is 0 Å². The van der Waals surface area contributed by atoms with Crippen LogP contribution in [0.4, 0.5) is 15.8 Å². The van der Waals surface area contributed by atoms with Gasteiger partial charge in [-0.05, 0) is 48.2 Å². The molecule has 2 fully saturated rings. The molecule has 2 aromatic carbocycles. The van der Waals surface area contributed by atoms with Crippen molar-refractivity contribution in [2.24, 2.45) is 5.92 Å². The second-order valence-corrected chi connectivity index (χ2v) is 8.83. The summed E-state index contributed by atoms with van der Waals surface area (Å²) >= 11 is 1.52. The quantitative estimate of drug-likeness (QED) is 0.680. The van der Waals surface area contributed by atoms with E-state index in [-0.39, 0.29) is 23.0 Å². The van der Waals surface area contributed by atoms with E-state index in [2.05, 4.69) is 5.32 Å². The monoisotopic (exact) mass is 412 g/mol. The Kier molecular flexibility index (Phi) is 6.19. The van der Waals surface area contributed by atoms with Crippen molar-refractivity contribution < 1.29 is 14.0 Å². The molecule has 29 heavy (non-hydrogen) atoms. The first-order chi connectivity index (χ1) is 14.1. The van der Waals surface area contributed by atoms with E-state index in [9.17, 15) is 14.0 Å².